The Morgan fingerprint density at radius 3 is 2.38 bits per heavy atom. The summed E-state index contributed by atoms with van der Waals surface area (Å²) in [5.74, 6) is -0.891. The number of nitro groups is 1. The molecule has 0 aliphatic carbocycles. The molecule has 0 spiro atoms. The van der Waals surface area contributed by atoms with Crippen LogP contribution >= 0.6 is 0 Å². The summed E-state index contributed by atoms with van der Waals surface area (Å²) in [7, 11) is 0. The fraction of sp³-hybridized carbons (Fsp3) is 0.400. The molecular formula is C20H25N5O4. The number of nitrogens with zero attached hydrogens (tertiary/aromatic N) is 2. The first-order valence-corrected chi connectivity index (χ1v) is 9.57. The maximum atomic E-state index is 13.1. The van der Waals surface area contributed by atoms with Gasteiger partial charge < -0.3 is 16.4 Å². The van der Waals surface area contributed by atoms with Gasteiger partial charge in [-0.1, -0.05) is 12.1 Å². The number of rotatable bonds is 9. The first-order valence-electron chi connectivity index (χ1n) is 9.57. The van der Waals surface area contributed by atoms with Gasteiger partial charge in [-0.25, -0.2) is 0 Å². The van der Waals surface area contributed by atoms with Crippen molar-refractivity contribution >= 4 is 28.3 Å². The number of nitro benzene ring substituents is 1. The van der Waals surface area contributed by atoms with E-state index >= 15 is 0 Å². The van der Waals surface area contributed by atoms with Crippen molar-refractivity contribution in [2.24, 2.45) is 5.73 Å². The predicted octanol–water partition coefficient (Wildman–Crippen LogP) is 1.26. The minimum atomic E-state index is -0.531. The van der Waals surface area contributed by atoms with Gasteiger partial charge in [-0.05, 0) is 25.3 Å². The zero-order chi connectivity index (χ0) is 21.1. The van der Waals surface area contributed by atoms with Gasteiger partial charge in [-0.15, -0.1) is 0 Å². The van der Waals surface area contributed by atoms with Crippen LogP contribution in [0.2, 0.25) is 0 Å². The van der Waals surface area contributed by atoms with E-state index in [2.05, 4.69) is 10.6 Å². The van der Waals surface area contributed by atoms with E-state index in [0.717, 1.165) is 0 Å². The van der Waals surface area contributed by atoms with Crippen molar-refractivity contribution in [3.63, 3.8) is 0 Å². The molecule has 0 fully saturated rings. The summed E-state index contributed by atoms with van der Waals surface area (Å²) in [6.45, 7) is 6.19. The second-order valence-corrected chi connectivity index (χ2v) is 7.37. The Labute approximate surface area is 168 Å². The Hall–Kier alpha value is -2.88. The van der Waals surface area contributed by atoms with Crippen LogP contribution in [0.5, 0.6) is 0 Å². The summed E-state index contributed by atoms with van der Waals surface area (Å²) in [6.07, 6.45) is 0. The Bertz CT molecular complexity index is 959. The molecule has 2 atom stereocenters. The fourth-order valence-electron chi connectivity index (χ4n) is 3.53. The lowest BCUT2D eigenvalue weighted by molar-refractivity contribution is -0.384. The van der Waals surface area contributed by atoms with Crippen molar-refractivity contribution in [2.75, 3.05) is 26.2 Å². The number of nitrogens with one attached hydrogen (secondary N) is 2. The molecule has 154 valence electrons. The first kappa shape index (κ1) is 20.8. The van der Waals surface area contributed by atoms with Crippen LogP contribution in [-0.2, 0) is 0 Å². The molecule has 3 rings (SSSR count). The van der Waals surface area contributed by atoms with Crippen LogP contribution in [0, 0.1) is 10.1 Å². The molecule has 0 aromatic heterocycles. The van der Waals surface area contributed by atoms with E-state index < -0.39 is 16.9 Å². The number of benzene rings is 2. The highest BCUT2D eigenvalue weighted by Crippen LogP contribution is 2.34. The monoisotopic (exact) mass is 399 g/mol. The van der Waals surface area contributed by atoms with E-state index in [4.69, 9.17) is 5.73 Å². The van der Waals surface area contributed by atoms with E-state index in [-0.39, 0.29) is 23.2 Å². The van der Waals surface area contributed by atoms with Crippen molar-refractivity contribution < 1.29 is 14.5 Å². The van der Waals surface area contributed by atoms with Crippen molar-refractivity contribution in [3.05, 3.63) is 51.6 Å². The number of amides is 2. The van der Waals surface area contributed by atoms with Crippen molar-refractivity contribution in [1.29, 1.82) is 0 Å². The van der Waals surface area contributed by atoms with Crippen LogP contribution in [-0.4, -0.2) is 59.9 Å². The number of carbonyl (C=O) groups is 2. The number of non-ortho nitro benzene ring substituents is 1. The lowest BCUT2D eigenvalue weighted by Crippen LogP contribution is -2.50. The van der Waals surface area contributed by atoms with Crippen molar-refractivity contribution in [1.82, 2.24) is 15.5 Å². The summed E-state index contributed by atoms with van der Waals surface area (Å²) < 4.78 is 0. The van der Waals surface area contributed by atoms with Crippen LogP contribution in [0.4, 0.5) is 5.69 Å². The van der Waals surface area contributed by atoms with Gasteiger partial charge in [0.05, 0.1) is 10.5 Å². The van der Waals surface area contributed by atoms with Gasteiger partial charge in [0, 0.05) is 61.3 Å². The number of imide groups is 1. The predicted molar refractivity (Wildman–Crippen MR) is 110 cm³/mol. The van der Waals surface area contributed by atoms with Gasteiger partial charge in [-0.3, -0.25) is 24.6 Å². The van der Waals surface area contributed by atoms with E-state index in [0.29, 0.717) is 42.5 Å². The van der Waals surface area contributed by atoms with Gasteiger partial charge in [0.2, 0.25) is 0 Å². The van der Waals surface area contributed by atoms with Gasteiger partial charge in [0.25, 0.3) is 17.5 Å². The third-order valence-corrected chi connectivity index (χ3v) is 4.90. The normalized spacial score (nSPS) is 15.6. The van der Waals surface area contributed by atoms with Crippen molar-refractivity contribution in [3.8, 4) is 0 Å². The lowest BCUT2D eigenvalue weighted by Gasteiger charge is -2.32. The molecule has 29 heavy (non-hydrogen) atoms. The molecule has 2 aromatic carbocycles. The molecule has 2 amide bonds. The molecular weight excluding hydrogens is 374 g/mol. The van der Waals surface area contributed by atoms with E-state index in [1.54, 1.807) is 25.1 Å². The maximum Gasteiger partial charge on any atom is 0.270 e. The summed E-state index contributed by atoms with van der Waals surface area (Å²) >= 11 is 0. The number of nitrogens with two attached hydrogens (primary N) is 1. The van der Waals surface area contributed by atoms with E-state index in [9.17, 15) is 19.7 Å². The first-order chi connectivity index (χ1) is 13.8. The molecule has 2 aromatic rings. The zero-order valence-corrected chi connectivity index (χ0v) is 16.5. The van der Waals surface area contributed by atoms with Crippen LogP contribution < -0.4 is 16.4 Å². The quantitative estimate of drug-likeness (QED) is 0.250. The smallest absolute Gasteiger partial charge is 0.270 e. The average molecular weight is 399 g/mol. The zero-order valence-electron chi connectivity index (χ0n) is 16.5. The van der Waals surface area contributed by atoms with Crippen LogP contribution in [0.15, 0.2) is 30.3 Å². The summed E-state index contributed by atoms with van der Waals surface area (Å²) in [5, 5.41) is 18.7. The lowest BCUT2D eigenvalue weighted by atomic mass is 9.92. The Kier molecular flexibility index (Phi) is 6.21. The van der Waals surface area contributed by atoms with Gasteiger partial charge >= 0.3 is 0 Å². The Morgan fingerprint density at radius 1 is 1.07 bits per heavy atom. The van der Waals surface area contributed by atoms with Gasteiger partial charge in [0.15, 0.2) is 0 Å². The summed E-state index contributed by atoms with van der Waals surface area (Å²) in [6, 6.07) is 7.30. The molecule has 0 saturated heterocycles. The topological polar surface area (TPSA) is 131 Å². The third-order valence-electron chi connectivity index (χ3n) is 4.90. The summed E-state index contributed by atoms with van der Waals surface area (Å²) in [5.41, 5.74) is 6.08. The third kappa shape index (κ3) is 4.26. The molecule has 4 N–H and O–H groups in total. The summed E-state index contributed by atoms with van der Waals surface area (Å²) in [4.78, 5) is 38.0. The number of hydrogen-bond acceptors (Lipinski definition) is 7. The highest BCUT2D eigenvalue weighted by molar-refractivity contribution is 6.26. The standard InChI is InChI=1S/C20H25N5O4/c1-12(21)10-22-6-7-23-11-13(2)24-19(26)16-5-3-4-14-8-15(25(28)29)9-17(18(14)16)20(24)27/h3-5,8-9,12-13,22-23H,6-7,10-11,21H2,1-2H3/t12-,13-/m1/s1. The molecule has 0 unspecified atom stereocenters. The van der Waals surface area contributed by atoms with Gasteiger partial charge in [0.1, 0.15) is 0 Å². The second-order valence-electron chi connectivity index (χ2n) is 7.37. The molecule has 1 aliphatic heterocycles. The number of carbonyl (C=O) groups excluding carboxylic acids is 2. The SMILES string of the molecule is C[C@H](CNCCNC[C@@H](C)N)N1C(=O)c2cccc3cc([N+](=O)[O-])cc(c23)C1=O. The molecule has 0 radical (unpaired) electrons. The Morgan fingerprint density at radius 2 is 1.72 bits per heavy atom. The second kappa shape index (κ2) is 8.64. The molecule has 9 heteroatoms. The molecule has 1 heterocycles. The minimum absolute atomic E-state index is 0.0735. The van der Waals surface area contributed by atoms with Crippen molar-refractivity contribution in [2.45, 2.75) is 25.9 Å². The van der Waals surface area contributed by atoms with Crippen LogP contribution in [0.3, 0.4) is 0 Å². The average Bonchev–Trinajstić information content (AvgIpc) is 2.68. The highest BCUT2D eigenvalue weighted by Gasteiger charge is 2.36. The van der Waals surface area contributed by atoms with Gasteiger partial charge in [-0.2, -0.15) is 0 Å². The number of hydrogen-bond donors (Lipinski definition) is 3. The van der Waals surface area contributed by atoms with Crippen LogP contribution in [0.25, 0.3) is 10.8 Å². The minimum Gasteiger partial charge on any atom is -0.327 e. The maximum absolute atomic E-state index is 13.1. The Balaban J connectivity index is 1.79. The van der Waals surface area contributed by atoms with E-state index in [1.165, 1.54) is 17.0 Å². The molecule has 0 saturated carbocycles. The highest BCUT2D eigenvalue weighted by atomic mass is 16.6. The molecule has 1 aliphatic rings. The largest absolute Gasteiger partial charge is 0.327 e. The molecule has 9 nitrogen and oxygen atoms in total. The van der Waals surface area contributed by atoms with E-state index in [1.807, 2.05) is 6.92 Å². The molecule has 0 bridgehead atoms. The van der Waals surface area contributed by atoms with Crippen LogP contribution in [0.1, 0.15) is 34.6 Å². The fourth-order valence-corrected chi connectivity index (χ4v) is 3.53.